The molecule has 4 aromatic rings. The number of piperidine rings is 1. The van der Waals surface area contributed by atoms with E-state index in [-0.39, 0.29) is 11.8 Å². The average Bonchev–Trinajstić information content (AvgIpc) is 3.37. The third-order valence-electron chi connectivity index (χ3n) is 6.97. The van der Waals surface area contributed by atoms with Crippen molar-refractivity contribution in [2.24, 2.45) is 5.92 Å². The Morgan fingerprint density at radius 3 is 2.65 bits per heavy atom. The molecular weight excluding hydrogens is 426 g/mol. The minimum atomic E-state index is -0.260. The van der Waals surface area contributed by atoms with Gasteiger partial charge in [-0.05, 0) is 70.6 Å². The van der Waals surface area contributed by atoms with Crippen molar-refractivity contribution in [3.63, 3.8) is 0 Å². The van der Waals surface area contributed by atoms with E-state index in [0.717, 1.165) is 48.7 Å². The van der Waals surface area contributed by atoms with Gasteiger partial charge in [0.1, 0.15) is 0 Å². The van der Waals surface area contributed by atoms with Crippen LogP contribution in [-0.2, 0) is 11.2 Å². The summed E-state index contributed by atoms with van der Waals surface area (Å²) >= 11 is 0. The van der Waals surface area contributed by atoms with Gasteiger partial charge >= 0.3 is 0 Å². The quantitative estimate of drug-likeness (QED) is 0.455. The summed E-state index contributed by atoms with van der Waals surface area (Å²) in [6.45, 7) is 9.50. The number of hydrogen-bond acceptors (Lipinski definition) is 5. The Balaban J connectivity index is 1.36. The molecular formula is C26H31N7O. The van der Waals surface area contributed by atoms with Gasteiger partial charge in [-0.25, -0.2) is 4.68 Å². The number of aryl methyl sites for hydroxylation is 2. The lowest BCUT2D eigenvalue weighted by molar-refractivity contribution is -0.134. The van der Waals surface area contributed by atoms with Crippen molar-refractivity contribution in [1.29, 1.82) is 0 Å². The molecule has 5 rings (SSSR count). The molecule has 34 heavy (non-hydrogen) atoms. The number of benzene rings is 1. The van der Waals surface area contributed by atoms with Crippen LogP contribution in [0.25, 0.3) is 11.5 Å². The van der Waals surface area contributed by atoms with Gasteiger partial charge in [-0.1, -0.05) is 30.3 Å². The lowest BCUT2D eigenvalue weighted by atomic mass is 9.89. The molecule has 0 spiro atoms. The van der Waals surface area contributed by atoms with E-state index in [1.807, 2.05) is 50.6 Å². The lowest BCUT2D eigenvalue weighted by Crippen LogP contribution is -2.42. The van der Waals surface area contributed by atoms with Crippen molar-refractivity contribution in [3.8, 4) is 5.82 Å². The zero-order valence-electron chi connectivity index (χ0n) is 20.3. The van der Waals surface area contributed by atoms with Crippen LogP contribution in [0.4, 0.5) is 0 Å². The maximum atomic E-state index is 13.6. The van der Waals surface area contributed by atoms with E-state index in [9.17, 15) is 4.79 Å². The van der Waals surface area contributed by atoms with E-state index in [4.69, 9.17) is 5.10 Å². The average molecular weight is 458 g/mol. The molecule has 8 heteroatoms. The first-order chi connectivity index (χ1) is 16.4. The van der Waals surface area contributed by atoms with Gasteiger partial charge < -0.3 is 4.90 Å². The number of carbonyl (C=O) groups is 1. The SMILES string of the molecule is Cc1nn(-c2ccc3nnc(C)n3n2)c(C)c1C(C)C(=O)N1CCCC(Cc2ccccc2)C1. The molecule has 8 nitrogen and oxygen atoms in total. The Kier molecular flexibility index (Phi) is 5.89. The van der Waals surface area contributed by atoms with Gasteiger partial charge in [-0.2, -0.15) is 9.61 Å². The zero-order chi connectivity index (χ0) is 23.8. The van der Waals surface area contributed by atoms with Gasteiger partial charge in [0, 0.05) is 24.3 Å². The van der Waals surface area contributed by atoms with Crippen LogP contribution in [0, 0.1) is 26.7 Å². The summed E-state index contributed by atoms with van der Waals surface area (Å²) in [5.41, 5.74) is 4.82. The topological polar surface area (TPSA) is 81.2 Å². The number of amides is 1. The minimum absolute atomic E-state index is 0.182. The summed E-state index contributed by atoms with van der Waals surface area (Å²) < 4.78 is 3.53. The van der Waals surface area contributed by atoms with Gasteiger partial charge in [0.2, 0.25) is 5.91 Å². The second-order valence-corrected chi connectivity index (χ2v) is 9.41. The van der Waals surface area contributed by atoms with Crippen LogP contribution >= 0.6 is 0 Å². The summed E-state index contributed by atoms with van der Waals surface area (Å²) in [5, 5.41) is 17.6. The number of rotatable bonds is 5. The van der Waals surface area contributed by atoms with Crippen molar-refractivity contribution in [2.75, 3.05) is 13.1 Å². The van der Waals surface area contributed by atoms with Gasteiger partial charge in [0.05, 0.1) is 11.6 Å². The van der Waals surface area contributed by atoms with E-state index in [1.54, 1.807) is 4.52 Å². The van der Waals surface area contributed by atoms with Gasteiger partial charge in [0.15, 0.2) is 17.3 Å². The Morgan fingerprint density at radius 2 is 1.85 bits per heavy atom. The molecule has 0 saturated carbocycles. The second-order valence-electron chi connectivity index (χ2n) is 9.41. The highest BCUT2D eigenvalue weighted by Crippen LogP contribution is 2.29. The highest BCUT2D eigenvalue weighted by atomic mass is 16.2. The molecule has 2 unspecified atom stereocenters. The maximum Gasteiger partial charge on any atom is 0.229 e. The van der Waals surface area contributed by atoms with Crippen LogP contribution in [0.5, 0.6) is 0 Å². The Morgan fingerprint density at radius 1 is 1.06 bits per heavy atom. The van der Waals surface area contributed by atoms with Crippen molar-refractivity contribution in [1.82, 2.24) is 34.5 Å². The number of hydrogen-bond donors (Lipinski definition) is 0. The molecule has 1 fully saturated rings. The van der Waals surface area contributed by atoms with E-state index in [1.165, 1.54) is 12.0 Å². The van der Waals surface area contributed by atoms with E-state index < -0.39 is 0 Å². The first kappa shape index (κ1) is 22.3. The highest BCUT2D eigenvalue weighted by Gasteiger charge is 2.31. The van der Waals surface area contributed by atoms with Crippen LogP contribution in [0.1, 0.15) is 54.0 Å². The number of carbonyl (C=O) groups excluding carboxylic acids is 1. The summed E-state index contributed by atoms with van der Waals surface area (Å²) in [6, 6.07) is 14.3. The molecule has 0 radical (unpaired) electrons. The molecule has 1 aliphatic heterocycles. The number of nitrogens with zero attached hydrogens (tertiary/aromatic N) is 7. The molecule has 176 valence electrons. The monoisotopic (exact) mass is 457 g/mol. The van der Waals surface area contributed by atoms with Crippen LogP contribution in [0.15, 0.2) is 42.5 Å². The normalized spacial score (nSPS) is 17.3. The van der Waals surface area contributed by atoms with Crippen molar-refractivity contribution in [3.05, 3.63) is 70.8 Å². The van der Waals surface area contributed by atoms with Crippen molar-refractivity contribution >= 4 is 11.6 Å². The summed E-state index contributed by atoms with van der Waals surface area (Å²) in [4.78, 5) is 15.6. The Labute approximate surface area is 199 Å². The number of aromatic nitrogens is 6. The number of fused-ring (bicyclic) bond motifs is 1. The van der Waals surface area contributed by atoms with Gasteiger partial charge in [-0.15, -0.1) is 15.3 Å². The molecule has 3 aromatic heterocycles. The minimum Gasteiger partial charge on any atom is -0.342 e. The van der Waals surface area contributed by atoms with Crippen molar-refractivity contribution in [2.45, 2.75) is 52.9 Å². The first-order valence-corrected chi connectivity index (χ1v) is 12.0. The third-order valence-corrected chi connectivity index (χ3v) is 6.97. The molecule has 1 aliphatic rings. The van der Waals surface area contributed by atoms with Gasteiger partial charge in [-0.3, -0.25) is 4.79 Å². The predicted molar refractivity (Wildman–Crippen MR) is 130 cm³/mol. The molecule has 0 bridgehead atoms. The third kappa shape index (κ3) is 4.08. The van der Waals surface area contributed by atoms with Crippen LogP contribution in [-0.4, -0.2) is 53.5 Å². The van der Waals surface area contributed by atoms with Crippen molar-refractivity contribution < 1.29 is 4.79 Å². The molecule has 1 amide bonds. The van der Waals surface area contributed by atoms with Crippen LogP contribution < -0.4 is 0 Å². The Hall–Kier alpha value is -3.55. The fourth-order valence-electron chi connectivity index (χ4n) is 5.28. The zero-order valence-corrected chi connectivity index (χ0v) is 20.3. The molecule has 2 atom stereocenters. The van der Waals surface area contributed by atoms with Crippen LogP contribution in [0.2, 0.25) is 0 Å². The molecule has 0 aliphatic carbocycles. The van der Waals surface area contributed by atoms with Crippen LogP contribution in [0.3, 0.4) is 0 Å². The smallest absolute Gasteiger partial charge is 0.229 e. The summed E-state index contributed by atoms with van der Waals surface area (Å²) in [5.74, 6) is 1.83. The number of likely N-dealkylation sites (tertiary alicyclic amines) is 1. The predicted octanol–water partition coefficient (Wildman–Crippen LogP) is 3.82. The standard InChI is InChI=1S/C26H31N7O/c1-17(26(34)31-14-8-11-22(16-31)15-21-9-6-5-7-10-21)25-18(2)29-32(19(25)3)24-13-12-23-28-27-20(4)33(23)30-24/h5-7,9-10,12-13,17,22H,8,11,14-16H2,1-4H3. The second kappa shape index (κ2) is 9.00. The molecule has 4 heterocycles. The molecule has 1 aromatic carbocycles. The Bertz CT molecular complexity index is 1320. The maximum absolute atomic E-state index is 13.6. The van der Waals surface area contributed by atoms with E-state index >= 15 is 0 Å². The summed E-state index contributed by atoms with van der Waals surface area (Å²) in [6.07, 6.45) is 3.24. The lowest BCUT2D eigenvalue weighted by Gasteiger charge is -2.34. The molecule has 1 saturated heterocycles. The van der Waals surface area contributed by atoms with E-state index in [0.29, 0.717) is 17.4 Å². The highest BCUT2D eigenvalue weighted by molar-refractivity contribution is 5.84. The largest absolute Gasteiger partial charge is 0.342 e. The first-order valence-electron chi connectivity index (χ1n) is 12.0. The fourth-order valence-corrected chi connectivity index (χ4v) is 5.28. The fraction of sp³-hybridized carbons (Fsp3) is 0.423. The molecule has 0 N–H and O–H groups in total. The summed E-state index contributed by atoms with van der Waals surface area (Å²) in [7, 11) is 0. The van der Waals surface area contributed by atoms with E-state index in [2.05, 4.69) is 44.5 Å². The van der Waals surface area contributed by atoms with Gasteiger partial charge in [0.25, 0.3) is 0 Å².